The van der Waals surface area contributed by atoms with E-state index in [0.29, 0.717) is 18.5 Å². The number of hydrogen-bond acceptors (Lipinski definition) is 2. The van der Waals surface area contributed by atoms with Gasteiger partial charge in [-0.2, -0.15) is 5.26 Å². The molecule has 3 heteroatoms. The van der Waals surface area contributed by atoms with Crippen LogP contribution in [0.5, 0.6) is 0 Å². The van der Waals surface area contributed by atoms with Gasteiger partial charge in [0, 0.05) is 12.1 Å². The van der Waals surface area contributed by atoms with E-state index in [-0.39, 0.29) is 11.9 Å². The first-order valence-corrected chi connectivity index (χ1v) is 9.65. The van der Waals surface area contributed by atoms with E-state index in [9.17, 15) is 4.79 Å². The van der Waals surface area contributed by atoms with Crippen molar-refractivity contribution in [2.24, 2.45) is 0 Å². The van der Waals surface area contributed by atoms with Crippen LogP contribution in [0.4, 0.5) is 0 Å². The van der Waals surface area contributed by atoms with Crippen LogP contribution in [-0.2, 0) is 19.3 Å². The maximum atomic E-state index is 13.4. The van der Waals surface area contributed by atoms with Gasteiger partial charge >= 0.3 is 0 Å². The minimum atomic E-state index is 0.0134. The number of fused-ring (bicyclic) bond motifs is 1. The Labute approximate surface area is 165 Å². The van der Waals surface area contributed by atoms with E-state index in [1.807, 2.05) is 47.4 Å². The third-order valence-electron chi connectivity index (χ3n) is 5.40. The lowest BCUT2D eigenvalue weighted by atomic mass is 9.88. The molecule has 3 aromatic carbocycles. The molecular weight excluding hydrogens is 344 g/mol. The molecule has 1 atom stereocenters. The van der Waals surface area contributed by atoms with Crippen LogP contribution in [0.3, 0.4) is 0 Å². The predicted molar refractivity (Wildman–Crippen MR) is 110 cm³/mol. The molecule has 0 unspecified atom stereocenters. The molecule has 0 aromatic heterocycles. The second-order valence-corrected chi connectivity index (χ2v) is 7.19. The summed E-state index contributed by atoms with van der Waals surface area (Å²) in [4.78, 5) is 15.4. The zero-order valence-corrected chi connectivity index (χ0v) is 15.7. The summed E-state index contributed by atoms with van der Waals surface area (Å²) in [5.74, 6) is 0.0372. The van der Waals surface area contributed by atoms with E-state index in [4.69, 9.17) is 5.26 Å². The van der Waals surface area contributed by atoms with Crippen molar-refractivity contribution in [3.8, 4) is 6.07 Å². The van der Waals surface area contributed by atoms with E-state index in [2.05, 4.69) is 42.5 Å². The predicted octanol–water partition coefficient (Wildman–Crippen LogP) is 4.73. The molecule has 1 heterocycles. The SMILES string of the molecule is N#CCc1cccc(C(=O)N2CCc3ccccc3[C@H]2Cc2ccccc2)c1. The van der Waals surface area contributed by atoms with Gasteiger partial charge < -0.3 is 4.90 Å². The lowest BCUT2D eigenvalue weighted by Gasteiger charge is -2.38. The van der Waals surface area contributed by atoms with Gasteiger partial charge in [0.05, 0.1) is 18.5 Å². The standard InChI is InChI=1S/C25H22N2O/c26-15-13-20-9-6-11-22(17-20)25(28)27-16-14-21-10-4-5-12-23(21)24(27)18-19-7-2-1-3-8-19/h1-12,17,24H,13-14,16,18H2/t24-/m1/s1. The molecule has 1 amide bonds. The Morgan fingerprint density at radius 1 is 0.964 bits per heavy atom. The van der Waals surface area contributed by atoms with Crippen LogP contribution in [0.25, 0.3) is 0 Å². The van der Waals surface area contributed by atoms with Crippen molar-refractivity contribution < 1.29 is 4.79 Å². The van der Waals surface area contributed by atoms with Crippen LogP contribution in [-0.4, -0.2) is 17.4 Å². The van der Waals surface area contributed by atoms with Crippen molar-refractivity contribution in [1.29, 1.82) is 5.26 Å². The third-order valence-corrected chi connectivity index (χ3v) is 5.40. The monoisotopic (exact) mass is 366 g/mol. The third kappa shape index (κ3) is 3.68. The van der Waals surface area contributed by atoms with Gasteiger partial charge in [-0.25, -0.2) is 0 Å². The van der Waals surface area contributed by atoms with Crippen LogP contribution in [0.1, 0.15) is 38.7 Å². The number of carbonyl (C=O) groups is 1. The van der Waals surface area contributed by atoms with Gasteiger partial charge in [-0.05, 0) is 47.2 Å². The van der Waals surface area contributed by atoms with Gasteiger partial charge in [0.1, 0.15) is 0 Å². The molecular formula is C25H22N2O. The highest BCUT2D eigenvalue weighted by molar-refractivity contribution is 5.95. The second kappa shape index (κ2) is 8.10. The number of hydrogen-bond donors (Lipinski definition) is 0. The van der Waals surface area contributed by atoms with Gasteiger partial charge in [0.15, 0.2) is 0 Å². The smallest absolute Gasteiger partial charge is 0.254 e. The first-order valence-electron chi connectivity index (χ1n) is 9.65. The summed E-state index contributed by atoms with van der Waals surface area (Å²) in [6.45, 7) is 0.704. The fourth-order valence-electron chi connectivity index (χ4n) is 4.02. The van der Waals surface area contributed by atoms with Crippen molar-refractivity contribution in [2.45, 2.75) is 25.3 Å². The highest BCUT2D eigenvalue weighted by Gasteiger charge is 2.31. The summed E-state index contributed by atoms with van der Waals surface area (Å²) in [7, 11) is 0. The van der Waals surface area contributed by atoms with Crippen LogP contribution in [0, 0.1) is 11.3 Å². The highest BCUT2D eigenvalue weighted by Crippen LogP contribution is 2.33. The average Bonchev–Trinajstić information content (AvgIpc) is 2.75. The minimum absolute atomic E-state index is 0.0134. The van der Waals surface area contributed by atoms with E-state index >= 15 is 0 Å². The van der Waals surface area contributed by atoms with E-state index in [0.717, 1.165) is 18.4 Å². The van der Waals surface area contributed by atoms with Gasteiger partial charge in [-0.15, -0.1) is 0 Å². The molecule has 138 valence electrons. The number of rotatable bonds is 4. The summed E-state index contributed by atoms with van der Waals surface area (Å²) in [5.41, 5.74) is 5.32. The Morgan fingerprint density at radius 2 is 1.71 bits per heavy atom. The molecule has 1 aliphatic heterocycles. The fourth-order valence-corrected chi connectivity index (χ4v) is 4.02. The summed E-state index contributed by atoms with van der Waals surface area (Å²) in [5, 5.41) is 8.97. The van der Waals surface area contributed by atoms with Gasteiger partial charge in [-0.3, -0.25) is 4.79 Å². The van der Waals surface area contributed by atoms with E-state index in [1.54, 1.807) is 0 Å². The van der Waals surface area contributed by atoms with Gasteiger partial charge in [0.25, 0.3) is 5.91 Å². The molecule has 0 fully saturated rings. The van der Waals surface area contributed by atoms with E-state index < -0.39 is 0 Å². The van der Waals surface area contributed by atoms with Crippen LogP contribution in [0.15, 0.2) is 78.9 Å². The van der Waals surface area contributed by atoms with Gasteiger partial charge in [0.2, 0.25) is 0 Å². The summed E-state index contributed by atoms with van der Waals surface area (Å²) < 4.78 is 0. The highest BCUT2D eigenvalue weighted by atomic mass is 16.2. The molecule has 3 nitrogen and oxygen atoms in total. The molecule has 0 aliphatic carbocycles. The first kappa shape index (κ1) is 18.0. The summed E-state index contributed by atoms with van der Waals surface area (Å²) in [6, 6.07) is 28.4. The molecule has 0 spiro atoms. The Hall–Kier alpha value is -3.38. The molecule has 0 saturated carbocycles. The quantitative estimate of drug-likeness (QED) is 0.670. The zero-order chi connectivity index (χ0) is 19.3. The number of amides is 1. The average molecular weight is 366 g/mol. The van der Waals surface area contributed by atoms with Crippen molar-refractivity contribution in [3.05, 3.63) is 107 Å². The molecule has 4 rings (SSSR count). The lowest BCUT2D eigenvalue weighted by molar-refractivity contribution is 0.0660. The zero-order valence-electron chi connectivity index (χ0n) is 15.7. The maximum absolute atomic E-state index is 13.4. The first-order chi connectivity index (χ1) is 13.8. The Morgan fingerprint density at radius 3 is 2.54 bits per heavy atom. The topological polar surface area (TPSA) is 44.1 Å². The number of nitriles is 1. The number of carbonyl (C=O) groups excluding carboxylic acids is 1. The molecule has 0 saturated heterocycles. The normalized spacial score (nSPS) is 15.5. The van der Waals surface area contributed by atoms with Crippen LogP contribution in [0.2, 0.25) is 0 Å². The number of benzene rings is 3. The fraction of sp³-hybridized carbons (Fsp3) is 0.200. The summed E-state index contributed by atoms with van der Waals surface area (Å²) >= 11 is 0. The Kier molecular flexibility index (Phi) is 5.21. The Balaban J connectivity index is 1.69. The van der Waals surface area contributed by atoms with Crippen LogP contribution < -0.4 is 0 Å². The largest absolute Gasteiger partial charge is 0.331 e. The molecule has 3 aromatic rings. The minimum Gasteiger partial charge on any atom is -0.331 e. The molecule has 0 N–H and O–H groups in total. The molecule has 1 aliphatic rings. The Bertz CT molecular complexity index is 1020. The molecule has 0 bridgehead atoms. The van der Waals surface area contributed by atoms with E-state index in [1.165, 1.54) is 16.7 Å². The molecule has 28 heavy (non-hydrogen) atoms. The molecule has 0 radical (unpaired) electrons. The van der Waals surface area contributed by atoms with Crippen molar-refractivity contribution >= 4 is 5.91 Å². The second-order valence-electron chi connectivity index (χ2n) is 7.19. The van der Waals surface area contributed by atoms with Crippen molar-refractivity contribution in [3.63, 3.8) is 0 Å². The van der Waals surface area contributed by atoms with Crippen molar-refractivity contribution in [1.82, 2.24) is 4.90 Å². The maximum Gasteiger partial charge on any atom is 0.254 e. The summed E-state index contributed by atoms with van der Waals surface area (Å²) in [6.07, 6.45) is 1.98. The number of nitrogens with zero attached hydrogens (tertiary/aromatic N) is 2. The lowest BCUT2D eigenvalue weighted by Crippen LogP contribution is -2.41. The van der Waals surface area contributed by atoms with Crippen molar-refractivity contribution in [2.75, 3.05) is 6.54 Å². The van der Waals surface area contributed by atoms with Gasteiger partial charge in [-0.1, -0.05) is 66.7 Å². The van der Waals surface area contributed by atoms with Crippen LogP contribution >= 0.6 is 0 Å².